The van der Waals surface area contributed by atoms with Gasteiger partial charge >= 0.3 is 6.03 Å². The molecule has 3 heterocycles. The Labute approximate surface area is 155 Å². The molecule has 4 rings (SSSR count). The Morgan fingerprint density at radius 1 is 1.22 bits per heavy atom. The zero-order valence-corrected chi connectivity index (χ0v) is 15.1. The Kier molecular flexibility index (Phi) is 4.57. The molecule has 1 atom stereocenters. The number of H-pyrrole nitrogens is 1. The fourth-order valence-corrected chi connectivity index (χ4v) is 3.34. The molecule has 1 aliphatic heterocycles. The summed E-state index contributed by atoms with van der Waals surface area (Å²) in [5, 5.41) is 15.4. The van der Waals surface area contributed by atoms with Gasteiger partial charge in [0.1, 0.15) is 6.04 Å². The number of aromatic amines is 1. The van der Waals surface area contributed by atoms with E-state index >= 15 is 0 Å². The van der Waals surface area contributed by atoms with Crippen LogP contribution in [0.3, 0.4) is 0 Å². The molecule has 140 valence electrons. The number of unbranched alkanes of at least 4 members (excludes halogenated alkanes) is 1. The van der Waals surface area contributed by atoms with Gasteiger partial charge in [-0.2, -0.15) is 0 Å². The molecule has 0 bridgehead atoms. The van der Waals surface area contributed by atoms with Crippen molar-refractivity contribution < 1.29 is 9.59 Å². The summed E-state index contributed by atoms with van der Waals surface area (Å²) in [4.78, 5) is 29.5. The molecule has 9 heteroatoms. The molecule has 1 saturated heterocycles. The summed E-state index contributed by atoms with van der Waals surface area (Å²) in [6.45, 7) is 2.82. The first-order valence-corrected chi connectivity index (χ1v) is 9.09. The molecular formula is C18H21N7O2. The number of rotatable bonds is 7. The van der Waals surface area contributed by atoms with E-state index in [1.807, 2.05) is 30.5 Å². The minimum Gasteiger partial charge on any atom is -0.361 e. The fraction of sp³-hybridized carbons (Fsp3) is 0.389. The number of aromatic nitrogens is 5. The van der Waals surface area contributed by atoms with E-state index in [9.17, 15) is 9.59 Å². The molecule has 3 amide bonds. The van der Waals surface area contributed by atoms with Crippen molar-refractivity contribution >= 4 is 22.8 Å². The third-order valence-electron chi connectivity index (χ3n) is 4.84. The van der Waals surface area contributed by atoms with Gasteiger partial charge in [0.25, 0.3) is 5.91 Å². The van der Waals surface area contributed by atoms with Crippen LogP contribution in [-0.4, -0.2) is 48.1 Å². The van der Waals surface area contributed by atoms with Crippen LogP contribution < -0.4 is 5.32 Å². The highest BCUT2D eigenvalue weighted by Crippen LogP contribution is 2.21. The molecular weight excluding hydrogens is 346 g/mol. The van der Waals surface area contributed by atoms with Crippen LogP contribution >= 0.6 is 0 Å². The lowest BCUT2D eigenvalue weighted by molar-refractivity contribution is -0.127. The predicted octanol–water partition coefficient (Wildman–Crippen LogP) is 1.62. The Morgan fingerprint density at radius 2 is 2.07 bits per heavy atom. The maximum Gasteiger partial charge on any atom is 0.325 e. The van der Waals surface area contributed by atoms with Gasteiger partial charge in [0.2, 0.25) is 0 Å². The van der Waals surface area contributed by atoms with E-state index in [0.29, 0.717) is 18.8 Å². The second-order valence-corrected chi connectivity index (χ2v) is 6.66. The number of tetrazole rings is 1. The number of aryl methyl sites for hydroxylation is 1. The first-order chi connectivity index (χ1) is 13.2. The first-order valence-electron chi connectivity index (χ1n) is 9.09. The third kappa shape index (κ3) is 3.27. The van der Waals surface area contributed by atoms with Crippen molar-refractivity contribution in [3.63, 3.8) is 0 Å². The molecule has 0 radical (unpaired) electrons. The van der Waals surface area contributed by atoms with Gasteiger partial charge in [0.15, 0.2) is 5.82 Å². The number of benzene rings is 1. The van der Waals surface area contributed by atoms with Gasteiger partial charge in [-0.15, -0.1) is 5.10 Å². The number of amides is 3. The third-order valence-corrected chi connectivity index (χ3v) is 4.84. The van der Waals surface area contributed by atoms with Gasteiger partial charge in [-0.3, -0.25) is 9.69 Å². The van der Waals surface area contributed by atoms with Gasteiger partial charge < -0.3 is 10.3 Å². The van der Waals surface area contributed by atoms with Crippen LogP contribution in [0, 0.1) is 0 Å². The molecule has 1 aromatic carbocycles. The normalized spacial score (nSPS) is 17.1. The lowest BCUT2D eigenvalue weighted by Gasteiger charge is -2.12. The van der Waals surface area contributed by atoms with Crippen molar-refractivity contribution in [2.45, 2.75) is 45.3 Å². The zero-order chi connectivity index (χ0) is 18.8. The van der Waals surface area contributed by atoms with Crippen molar-refractivity contribution in [1.29, 1.82) is 0 Å². The highest BCUT2D eigenvalue weighted by molar-refractivity contribution is 6.04. The number of urea groups is 1. The van der Waals surface area contributed by atoms with Gasteiger partial charge in [-0.25, -0.2) is 9.48 Å². The van der Waals surface area contributed by atoms with Gasteiger partial charge in [-0.1, -0.05) is 31.5 Å². The molecule has 0 saturated carbocycles. The van der Waals surface area contributed by atoms with Crippen LogP contribution in [0.2, 0.25) is 0 Å². The van der Waals surface area contributed by atoms with Crippen LogP contribution in [0.1, 0.15) is 31.2 Å². The van der Waals surface area contributed by atoms with Crippen LogP contribution in [0.5, 0.6) is 0 Å². The molecule has 2 N–H and O–H groups in total. The van der Waals surface area contributed by atoms with Gasteiger partial charge in [-0.05, 0) is 28.5 Å². The summed E-state index contributed by atoms with van der Waals surface area (Å²) in [6.07, 6.45) is 4.26. The maximum atomic E-state index is 12.8. The molecule has 9 nitrogen and oxygen atoms in total. The number of hydrogen-bond acceptors (Lipinski definition) is 5. The summed E-state index contributed by atoms with van der Waals surface area (Å²) in [6, 6.07) is 6.90. The Balaban J connectivity index is 1.48. The van der Waals surface area contributed by atoms with E-state index < -0.39 is 12.1 Å². The van der Waals surface area contributed by atoms with Crippen molar-refractivity contribution in [2.75, 3.05) is 0 Å². The van der Waals surface area contributed by atoms with E-state index in [0.717, 1.165) is 29.3 Å². The number of imide groups is 1. The number of carbonyl (C=O) groups is 2. The number of hydrogen-bond donors (Lipinski definition) is 2. The van der Waals surface area contributed by atoms with Gasteiger partial charge in [0, 0.05) is 30.1 Å². The highest BCUT2D eigenvalue weighted by atomic mass is 16.2. The van der Waals surface area contributed by atoms with Crippen LogP contribution in [0.4, 0.5) is 4.79 Å². The summed E-state index contributed by atoms with van der Waals surface area (Å²) >= 11 is 0. The van der Waals surface area contributed by atoms with Gasteiger partial charge in [0.05, 0.1) is 6.54 Å². The number of fused-ring (bicyclic) bond motifs is 1. The Hall–Kier alpha value is -3.23. The van der Waals surface area contributed by atoms with Crippen molar-refractivity contribution in [3.8, 4) is 0 Å². The van der Waals surface area contributed by atoms with Crippen molar-refractivity contribution in [1.82, 2.24) is 35.4 Å². The zero-order valence-electron chi connectivity index (χ0n) is 15.1. The minimum atomic E-state index is -0.586. The second-order valence-electron chi connectivity index (χ2n) is 6.66. The number of nitrogens with one attached hydrogen (secondary N) is 2. The predicted molar refractivity (Wildman–Crippen MR) is 97.6 cm³/mol. The lowest BCUT2D eigenvalue weighted by atomic mass is 10.1. The van der Waals surface area contributed by atoms with Crippen molar-refractivity contribution in [3.05, 3.63) is 41.9 Å². The van der Waals surface area contributed by atoms with E-state index in [1.165, 1.54) is 4.90 Å². The smallest absolute Gasteiger partial charge is 0.325 e. The minimum absolute atomic E-state index is 0.0752. The molecule has 0 spiro atoms. The molecule has 1 fully saturated rings. The topological polar surface area (TPSA) is 109 Å². The number of carbonyl (C=O) groups excluding carboxylic acids is 2. The molecule has 0 aliphatic carbocycles. The summed E-state index contributed by atoms with van der Waals surface area (Å²) in [5.74, 6) is 0.259. The van der Waals surface area contributed by atoms with E-state index in [2.05, 4.69) is 32.7 Å². The summed E-state index contributed by atoms with van der Waals surface area (Å²) < 4.78 is 1.65. The Morgan fingerprint density at radius 3 is 2.93 bits per heavy atom. The SMILES string of the molecule is CCCCn1nnnc1CN1C(=O)N[C@H](Cc2c[nH]c3ccccc23)C1=O. The standard InChI is InChI=1S/C18H21N7O2/c1-2-3-8-25-16(21-22-23-25)11-24-17(26)15(20-18(24)27)9-12-10-19-14-7-5-4-6-13(12)14/h4-7,10,15,19H,2-3,8-9,11H2,1H3,(H,20,27)/t15-/m1/s1. The van der Waals surface area contributed by atoms with Crippen LogP contribution in [0.25, 0.3) is 10.9 Å². The average molecular weight is 367 g/mol. The lowest BCUT2D eigenvalue weighted by Crippen LogP contribution is -2.33. The molecule has 3 aromatic rings. The molecule has 1 aliphatic rings. The Bertz CT molecular complexity index is 977. The van der Waals surface area contributed by atoms with E-state index in [1.54, 1.807) is 4.68 Å². The first kappa shape index (κ1) is 17.2. The molecule has 2 aromatic heterocycles. The largest absolute Gasteiger partial charge is 0.361 e. The van der Waals surface area contributed by atoms with Crippen LogP contribution in [-0.2, 0) is 24.3 Å². The summed E-state index contributed by atoms with van der Waals surface area (Å²) in [5.41, 5.74) is 2.01. The second kappa shape index (κ2) is 7.18. The maximum absolute atomic E-state index is 12.8. The molecule has 0 unspecified atom stereocenters. The van der Waals surface area contributed by atoms with Crippen molar-refractivity contribution in [2.24, 2.45) is 0 Å². The van der Waals surface area contributed by atoms with E-state index in [4.69, 9.17) is 0 Å². The monoisotopic (exact) mass is 367 g/mol. The fourth-order valence-electron chi connectivity index (χ4n) is 3.34. The highest BCUT2D eigenvalue weighted by Gasteiger charge is 2.39. The number of para-hydroxylation sites is 1. The van der Waals surface area contributed by atoms with Crippen LogP contribution in [0.15, 0.2) is 30.5 Å². The van der Waals surface area contributed by atoms with E-state index in [-0.39, 0.29) is 12.5 Å². The summed E-state index contributed by atoms with van der Waals surface area (Å²) in [7, 11) is 0. The average Bonchev–Trinajstić information content (AvgIpc) is 3.36. The number of nitrogens with zero attached hydrogens (tertiary/aromatic N) is 5. The quantitative estimate of drug-likeness (QED) is 0.617. The molecule has 27 heavy (non-hydrogen) atoms.